The van der Waals surface area contributed by atoms with Gasteiger partial charge in [-0.05, 0) is 134 Å². The molecule has 1 unspecified atom stereocenters. The number of carbonyl (C=O) groups is 4. The second-order valence-electron chi connectivity index (χ2n) is 19.4. The van der Waals surface area contributed by atoms with Gasteiger partial charge >= 0.3 is 6.09 Å². The van der Waals surface area contributed by atoms with Gasteiger partial charge in [-0.3, -0.25) is 24.0 Å². The predicted octanol–water partition coefficient (Wildman–Crippen LogP) is 10.1. The Morgan fingerprint density at radius 2 is 1.72 bits per heavy atom. The number of ether oxygens (including phenoxy) is 2. The summed E-state index contributed by atoms with van der Waals surface area (Å²) < 4.78 is 53.1. The van der Waals surface area contributed by atoms with Crippen LogP contribution in [0, 0.1) is 11.8 Å². The minimum atomic E-state index is -2.90. The number of pyridine rings is 1. The highest BCUT2D eigenvalue weighted by Gasteiger charge is 2.33. The third-order valence-electron chi connectivity index (χ3n) is 12.8. The molecule has 0 spiro atoms. The average molecular weight is 926 g/mol. The maximum Gasteiger partial charge on any atom is 0.416 e. The number of amides is 2. The third-order valence-corrected chi connectivity index (χ3v) is 12.8. The molecule has 0 bridgehead atoms. The Labute approximate surface area is 388 Å². The molecule has 1 aromatic carbocycles. The number of furan rings is 1. The molecule has 0 aliphatic heterocycles. The van der Waals surface area contributed by atoms with E-state index in [4.69, 9.17) is 18.3 Å². The number of Topliss-reactive ketones (excluding diaryl/α,β-unsaturated/α-hetero) is 2. The van der Waals surface area contributed by atoms with Gasteiger partial charge in [0.05, 0.1) is 24.4 Å². The number of carbonyl (C=O) groups excluding carboxylic acids is 4. The monoisotopic (exact) mass is 925 g/mol. The standard InChI is InChI=1S/C50H61F2N7O8/c1-50(2,3)67-49(63)58(27-33-8-9-33)44-24-34(18-19-53-44)48-55-41(30-66-48)47(62)54-40-28-59(56-45(40)46(51)52)35-13-10-32(11-14-35)26-57(4)20-6-22-64-21-5-7-31-12-17-43-38(23-31)39(29-65-43)37-16-15-36(60)25-42(37)61/h12,17-19,23-24,28-30,32-33,35,37,46H,5-11,13-16,20-22,25-27H2,1-4H3,(H,54,62). The minimum Gasteiger partial charge on any atom is -0.464 e. The SMILES string of the molecule is CN(CCCOCCCc1ccc2occ(C3CCC(=O)CC3=O)c2c1)CC1CCC(n2cc(NC(=O)c3coc(-c4ccnc(N(CC5CC5)C(=O)OC(C)(C)C)c4)n3)c(C(F)F)n2)CC1. The summed E-state index contributed by atoms with van der Waals surface area (Å²) in [4.78, 5) is 63.3. The van der Waals surface area contributed by atoms with Crippen LogP contribution in [0.15, 0.2) is 64.1 Å². The van der Waals surface area contributed by atoms with Crippen LogP contribution in [0.1, 0.15) is 137 Å². The van der Waals surface area contributed by atoms with E-state index in [1.54, 1.807) is 43.8 Å². The summed E-state index contributed by atoms with van der Waals surface area (Å²) in [7, 11) is 2.12. The van der Waals surface area contributed by atoms with Crippen molar-refractivity contribution in [3.05, 3.63) is 77.8 Å². The van der Waals surface area contributed by atoms with E-state index >= 15 is 0 Å². The maximum absolute atomic E-state index is 14.3. The Hall–Kier alpha value is -5.81. The zero-order chi connectivity index (χ0) is 47.2. The van der Waals surface area contributed by atoms with Crippen LogP contribution in [-0.2, 0) is 25.5 Å². The number of anilines is 2. The molecule has 1 atom stereocenters. The lowest BCUT2D eigenvalue weighted by molar-refractivity contribution is -0.130. The molecule has 3 aliphatic carbocycles. The molecule has 3 fully saturated rings. The smallest absolute Gasteiger partial charge is 0.416 e. The first-order valence-corrected chi connectivity index (χ1v) is 23.6. The van der Waals surface area contributed by atoms with Gasteiger partial charge in [-0.1, -0.05) is 6.07 Å². The number of aromatic nitrogens is 4. The molecule has 17 heteroatoms. The molecule has 4 aromatic heterocycles. The largest absolute Gasteiger partial charge is 0.464 e. The van der Waals surface area contributed by atoms with Crippen molar-refractivity contribution in [2.24, 2.45) is 11.8 Å². The van der Waals surface area contributed by atoms with E-state index in [1.807, 2.05) is 6.07 Å². The van der Waals surface area contributed by atoms with Crippen molar-refractivity contribution in [2.45, 2.75) is 122 Å². The predicted molar refractivity (Wildman–Crippen MR) is 246 cm³/mol. The second kappa shape index (κ2) is 21.0. The Morgan fingerprint density at radius 1 is 0.955 bits per heavy atom. The summed E-state index contributed by atoms with van der Waals surface area (Å²) in [5, 5.41) is 7.77. The highest BCUT2D eigenvalue weighted by Crippen LogP contribution is 2.38. The summed E-state index contributed by atoms with van der Waals surface area (Å²) in [5.41, 5.74) is 1.89. The van der Waals surface area contributed by atoms with Gasteiger partial charge in [-0.15, -0.1) is 0 Å². The lowest BCUT2D eigenvalue weighted by Crippen LogP contribution is -2.38. The van der Waals surface area contributed by atoms with Gasteiger partial charge in [0.2, 0.25) is 5.89 Å². The lowest BCUT2D eigenvalue weighted by atomic mass is 9.82. The van der Waals surface area contributed by atoms with Gasteiger partial charge in [0.1, 0.15) is 34.8 Å². The number of aryl methyl sites for hydroxylation is 1. The topological polar surface area (TPSA) is 175 Å². The number of hydrogen-bond acceptors (Lipinski definition) is 12. The molecular weight excluding hydrogens is 865 g/mol. The van der Waals surface area contributed by atoms with Crippen LogP contribution in [0.4, 0.5) is 25.1 Å². The average Bonchev–Trinajstić information content (AvgIpc) is 3.60. The molecule has 0 radical (unpaired) electrons. The van der Waals surface area contributed by atoms with E-state index in [-0.39, 0.29) is 47.2 Å². The highest BCUT2D eigenvalue weighted by atomic mass is 19.3. The van der Waals surface area contributed by atoms with Gasteiger partial charge in [0, 0.05) is 74.1 Å². The molecule has 5 aromatic rings. The van der Waals surface area contributed by atoms with Crippen molar-refractivity contribution < 1.29 is 46.3 Å². The van der Waals surface area contributed by atoms with E-state index in [2.05, 4.69) is 44.5 Å². The summed E-state index contributed by atoms with van der Waals surface area (Å²) in [6.45, 7) is 8.99. The molecule has 1 N–H and O–H groups in total. The van der Waals surface area contributed by atoms with Crippen LogP contribution >= 0.6 is 0 Å². The normalized spacial score (nSPS) is 19.1. The maximum atomic E-state index is 14.3. The molecule has 3 saturated carbocycles. The number of benzene rings is 1. The number of halogens is 2. The Bertz CT molecular complexity index is 2530. The van der Waals surface area contributed by atoms with Crippen LogP contribution in [0.25, 0.3) is 22.4 Å². The summed E-state index contributed by atoms with van der Waals surface area (Å²) in [6.07, 6.45) is 11.5. The van der Waals surface area contributed by atoms with E-state index < -0.39 is 29.7 Å². The Morgan fingerprint density at radius 3 is 2.46 bits per heavy atom. The van der Waals surface area contributed by atoms with Crippen molar-refractivity contribution in [1.29, 1.82) is 0 Å². The van der Waals surface area contributed by atoms with Gasteiger partial charge in [-0.25, -0.2) is 23.5 Å². The van der Waals surface area contributed by atoms with Crippen LogP contribution in [0.2, 0.25) is 0 Å². The van der Waals surface area contributed by atoms with Crippen molar-refractivity contribution in [1.82, 2.24) is 24.6 Å². The van der Waals surface area contributed by atoms with Gasteiger partial charge < -0.3 is 28.5 Å². The van der Waals surface area contributed by atoms with Crippen molar-refractivity contribution >= 4 is 46.0 Å². The third kappa shape index (κ3) is 12.4. The van der Waals surface area contributed by atoms with E-state index in [9.17, 15) is 28.0 Å². The molecule has 67 heavy (non-hydrogen) atoms. The molecule has 3 aliphatic rings. The van der Waals surface area contributed by atoms with Crippen LogP contribution in [0.3, 0.4) is 0 Å². The molecule has 358 valence electrons. The highest BCUT2D eigenvalue weighted by molar-refractivity contribution is 6.06. The molecule has 4 heterocycles. The van der Waals surface area contributed by atoms with Crippen LogP contribution in [-0.4, -0.2) is 93.7 Å². The number of rotatable bonds is 19. The first-order valence-electron chi connectivity index (χ1n) is 23.6. The van der Waals surface area contributed by atoms with Crippen LogP contribution < -0.4 is 10.2 Å². The summed E-state index contributed by atoms with van der Waals surface area (Å²) in [6, 6.07) is 9.32. The van der Waals surface area contributed by atoms with E-state index in [1.165, 1.54) is 17.3 Å². The fourth-order valence-corrected chi connectivity index (χ4v) is 9.15. The fourth-order valence-electron chi connectivity index (χ4n) is 9.15. The first-order chi connectivity index (χ1) is 32.2. The summed E-state index contributed by atoms with van der Waals surface area (Å²) in [5.74, 6) is 0.273. The molecule has 2 amide bonds. The number of oxazole rings is 1. The molecule has 0 saturated heterocycles. The Balaban J connectivity index is 0.761. The van der Waals surface area contributed by atoms with Crippen molar-refractivity contribution in [2.75, 3.05) is 50.1 Å². The molecular formula is C50H61F2N7O8. The molecule has 8 rings (SSSR count). The second-order valence-corrected chi connectivity index (χ2v) is 19.4. The van der Waals surface area contributed by atoms with Gasteiger partial charge in [-0.2, -0.15) is 5.10 Å². The van der Waals surface area contributed by atoms with Crippen molar-refractivity contribution in [3.8, 4) is 11.5 Å². The first kappa shape index (κ1) is 47.7. The number of hydrogen-bond donors (Lipinski definition) is 1. The quantitative estimate of drug-likeness (QED) is 0.0614. The zero-order valence-corrected chi connectivity index (χ0v) is 38.8. The van der Waals surface area contributed by atoms with Gasteiger partial charge in [0.15, 0.2) is 11.4 Å². The minimum absolute atomic E-state index is 0.00697. The molecule has 15 nitrogen and oxygen atoms in total. The van der Waals surface area contributed by atoms with E-state index in [0.717, 1.165) is 99.2 Å². The number of fused-ring (bicyclic) bond motifs is 1. The fraction of sp³-hybridized carbons (Fsp3) is 0.540. The summed E-state index contributed by atoms with van der Waals surface area (Å²) >= 11 is 0. The number of nitrogens with one attached hydrogen (secondary N) is 1. The Kier molecular flexibility index (Phi) is 14.9. The van der Waals surface area contributed by atoms with E-state index in [0.29, 0.717) is 55.8 Å². The van der Waals surface area contributed by atoms with Crippen molar-refractivity contribution in [3.63, 3.8) is 0 Å². The zero-order valence-electron chi connectivity index (χ0n) is 38.8. The number of alkyl halides is 2. The lowest BCUT2D eigenvalue weighted by Gasteiger charge is -2.31. The number of nitrogens with zero attached hydrogens (tertiary/aromatic N) is 6. The van der Waals surface area contributed by atoms with Gasteiger partial charge in [0.25, 0.3) is 12.3 Å². The van der Waals surface area contributed by atoms with Crippen LogP contribution in [0.5, 0.6) is 0 Å². The number of ketones is 2.